The first-order chi connectivity index (χ1) is 10.1. The summed E-state index contributed by atoms with van der Waals surface area (Å²) >= 11 is 6.20. The molecule has 1 aromatic carbocycles. The maximum absolute atomic E-state index is 11.7. The zero-order valence-electron chi connectivity index (χ0n) is 11.7. The number of nitrogens with zero attached hydrogens (tertiary/aromatic N) is 3. The molecule has 0 aliphatic carbocycles. The first-order valence-corrected chi connectivity index (χ1v) is 7.00. The Morgan fingerprint density at radius 2 is 2.14 bits per heavy atom. The van der Waals surface area contributed by atoms with E-state index in [1.807, 2.05) is 35.8 Å². The van der Waals surface area contributed by atoms with Gasteiger partial charge in [-0.05, 0) is 13.0 Å². The number of benzene rings is 1. The number of hydrogen-bond acceptors (Lipinski definition) is 4. The van der Waals surface area contributed by atoms with Crippen molar-refractivity contribution >= 4 is 39.5 Å². The molecule has 0 fully saturated rings. The number of hydrogen-bond donors (Lipinski definition) is 0. The van der Waals surface area contributed by atoms with Crippen molar-refractivity contribution in [2.75, 3.05) is 7.11 Å². The van der Waals surface area contributed by atoms with Gasteiger partial charge in [0.2, 0.25) is 0 Å². The highest BCUT2D eigenvalue weighted by Crippen LogP contribution is 2.29. The van der Waals surface area contributed by atoms with E-state index in [1.165, 1.54) is 7.11 Å². The maximum Gasteiger partial charge on any atom is 0.325 e. The number of aromatic nitrogens is 3. The Hall–Kier alpha value is -2.14. The van der Waals surface area contributed by atoms with Gasteiger partial charge in [-0.1, -0.05) is 18.2 Å². The Morgan fingerprint density at radius 1 is 1.38 bits per heavy atom. The van der Waals surface area contributed by atoms with Crippen molar-refractivity contribution in [2.24, 2.45) is 0 Å². The summed E-state index contributed by atoms with van der Waals surface area (Å²) in [4.78, 5) is 20.6. The Balaban J connectivity index is 2.35. The van der Waals surface area contributed by atoms with Crippen molar-refractivity contribution < 1.29 is 9.53 Å². The fraction of sp³-hybridized carbons (Fsp3) is 0.267. The lowest BCUT2D eigenvalue weighted by Crippen LogP contribution is -2.14. The molecule has 0 bridgehead atoms. The third-order valence-electron chi connectivity index (χ3n) is 3.38. The minimum atomic E-state index is -0.339. The van der Waals surface area contributed by atoms with Crippen molar-refractivity contribution in [1.82, 2.24) is 14.5 Å². The number of rotatable bonds is 3. The fourth-order valence-electron chi connectivity index (χ4n) is 2.44. The van der Waals surface area contributed by atoms with Gasteiger partial charge in [-0.3, -0.25) is 9.78 Å². The second-order valence-corrected chi connectivity index (χ2v) is 5.41. The van der Waals surface area contributed by atoms with Crippen LogP contribution in [0.2, 0.25) is 0 Å². The maximum atomic E-state index is 11.7. The second-order valence-electron chi connectivity index (χ2n) is 4.76. The molecule has 2 aromatic heterocycles. The lowest BCUT2D eigenvalue weighted by molar-refractivity contribution is -0.141. The highest BCUT2D eigenvalue weighted by molar-refractivity contribution is 6.20. The number of pyridine rings is 1. The largest absolute Gasteiger partial charge is 0.468 e. The molecule has 0 N–H and O–H groups in total. The molecule has 1 unspecified atom stereocenters. The van der Waals surface area contributed by atoms with Crippen LogP contribution in [0.1, 0.15) is 18.1 Å². The van der Waals surface area contributed by atoms with Crippen molar-refractivity contribution in [3.05, 3.63) is 36.3 Å². The minimum Gasteiger partial charge on any atom is -0.468 e. The van der Waals surface area contributed by atoms with Gasteiger partial charge in [0, 0.05) is 5.39 Å². The predicted octanol–water partition coefficient (Wildman–Crippen LogP) is 3.06. The molecule has 6 heteroatoms. The van der Waals surface area contributed by atoms with Crippen molar-refractivity contribution in [3.8, 4) is 0 Å². The Labute approximate surface area is 126 Å². The van der Waals surface area contributed by atoms with E-state index in [0.717, 1.165) is 21.9 Å². The predicted molar refractivity (Wildman–Crippen MR) is 81.3 cm³/mol. The highest BCUT2D eigenvalue weighted by atomic mass is 35.5. The molecule has 0 amide bonds. The number of imidazole rings is 1. The van der Waals surface area contributed by atoms with Crippen LogP contribution in [-0.4, -0.2) is 27.6 Å². The number of carbonyl (C=O) groups excluding carboxylic acids is 1. The summed E-state index contributed by atoms with van der Waals surface area (Å²) in [6.45, 7) is 1.90. The summed E-state index contributed by atoms with van der Waals surface area (Å²) in [5, 5.41) is 0.621. The van der Waals surface area contributed by atoms with E-state index in [4.69, 9.17) is 16.3 Å². The third kappa shape index (κ3) is 2.34. The van der Waals surface area contributed by atoms with Crippen LogP contribution in [-0.2, 0) is 16.1 Å². The number of carbonyl (C=O) groups is 1. The molecule has 0 spiro atoms. The molecular weight excluding hydrogens is 290 g/mol. The first-order valence-electron chi connectivity index (χ1n) is 6.56. The van der Waals surface area contributed by atoms with E-state index in [1.54, 1.807) is 6.20 Å². The van der Waals surface area contributed by atoms with Crippen molar-refractivity contribution in [3.63, 3.8) is 0 Å². The summed E-state index contributed by atoms with van der Waals surface area (Å²) in [5.74, 6) is 0.295. The molecule has 108 valence electrons. The van der Waals surface area contributed by atoms with Crippen LogP contribution in [0.4, 0.5) is 0 Å². The fourth-order valence-corrected chi connectivity index (χ4v) is 2.60. The number of halogens is 1. The molecule has 3 aromatic rings. The van der Waals surface area contributed by atoms with Gasteiger partial charge in [0.05, 0.1) is 29.7 Å². The number of fused-ring (bicyclic) bond motifs is 3. The van der Waals surface area contributed by atoms with Gasteiger partial charge in [0.25, 0.3) is 0 Å². The van der Waals surface area contributed by atoms with E-state index in [2.05, 4.69) is 9.97 Å². The van der Waals surface area contributed by atoms with Crippen LogP contribution >= 0.6 is 11.6 Å². The van der Waals surface area contributed by atoms with Gasteiger partial charge in [-0.2, -0.15) is 0 Å². The van der Waals surface area contributed by atoms with Crippen LogP contribution in [0.3, 0.4) is 0 Å². The topological polar surface area (TPSA) is 57.0 Å². The number of ether oxygens (including phenoxy) is 1. The smallest absolute Gasteiger partial charge is 0.325 e. The summed E-state index contributed by atoms with van der Waals surface area (Å²) < 4.78 is 6.58. The molecule has 21 heavy (non-hydrogen) atoms. The van der Waals surface area contributed by atoms with Gasteiger partial charge in [-0.15, -0.1) is 11.6 Å². The van der Waals surface area contributed by atoms with Gasteiger partial charge >= 0.3 is 5.97 Å². The van der Waals surface area contributed by atoms with E-state index < -0.39 is 0 Å². The molecule has 1 atom stereocenters. The molecular formula is C15H14ClN3O2. The third-order valence-corrected chi connectivity index (χ3v) is 3.58. The molecule has 0 aliphatic rings. The van der Waals surface area contributed by atoms with E-state index >= 15 is 0 Å². The summed E-state index contributed by atoms with van der Waals surface area (Å²) in [7, 11) is 1.37. The van der Waals surface area contributed by atoms with Gasteiger partial charge in [0.1, 0.15) is 17.9 Å². The average Bonchev–Trinajstić information content (AvgIpc) is 2.86. The van der Waals surface area contributed by atoms with Gasteiger partial charge in [0.15, 0.2) is 0 Å². The van der Waals surface area contributed by atoms with Crippen LogP contribution in [0, 0.1) is 0 Å². The Morgan fingerprint density at radius 3 is 2.86 bits per heavy atom. The SMILES string of the molecule is COC(=O)Cn1c(C(C)Cl)nc2cnc3ccccc3c21. The first kappa shape index (κ1) is 13.8. The number of para-hydroxylation sites is 1. The van der Waals surface area contributed by atoms with Gasteiger partial charge in [-0.25, -0.2) is 4.98 Å². The minimum absolute atomic E-state index is 0.0768. The summed E-state index contributed by atoms with van der Waals surface area (Å²) in [5.41, 5.74) is 2.43. The molecule has 0 aliphatic heterocycles. The Bertz CT molecular complexity index is 826. The average molecular weight is 304 g/mol. The van der Waals surface area contributed by atoms with Crippen LogP contribution in [0.25, 0.3) is 21.9 Å². The summed E-state index contributed by atoms with van der Waals surface area (Å²) in [6, 6.07) is 7.74. The van der Waals surface area contributed by atoms with Crippen LogP contribution < -0.4 is 0 Å². The molecule has 0 saturated carbocycles. The molecule has 0 saturated heterocycles. The molecule has 3 rings (SSSR count). The quantitative estimate of drug-likeness (QED) is 0.551. The zero-order chi connectivity index (χ0) is 15.0. The molecule has 2 heterocycles. The zero-order valence-corrected chi connectivity index (χ0v) is 12.5. The second kappa shape index (κ2) is 5.33. The number of esters is 1. The monoisotopic (exact) mass is 303 g/mol. The molecule has 5 nitrogen and oxygen atoms in total. The standard InChI is InChI=1S/C15H14ClN3O2/c1-9(16)15-18-12-7-17-11-6-4-3-5-10(11)14(12)19(15)8-13(20)21-2/h3-7,9H,8H2,1-2H3. The van der Waals surface area contributed by atoms with E-state index in [-0.39, 0.29) is 17.9 Å². The van der Waals surface area contributed by atoms with E-state index in [0.29, 0.717) is 5.82 Å². The van der Waals surface area contributed by atoms with Crippen molar-refractivity contribution in [1.29, 1.82) is 0 Å². The molecule has 0 radical (unpaired) electrons. The van der Waals surface area contributed by atoms with Crippen molar-refractivity contribution in [2.45, 2.75) is 18.8 Å². The van der Waals surface area contributed by atoms with Gasteiger partial charge < -0.3 is 9.30 Å². The van der Waals surface area contributed by atoms with E-state index in [9.17, 15) is 4.79 Å². The highest BCUT2D eigenvalue weighted by Gasteiger charge is 2.19. The number of methoxy groups -OCH3 is 1. The Kier molecular flexibility index (Phi) is 3.51. The summed E-state index contributed by atoms with van der Waals surface area (Å²) in [6.07, 6.45) is 1.70. The lowest BCUT2D eigenvalue weighted by Gasteiger charge is -2.10. The number of alkyl halides is 1. The van der Waals surface area contributed by atoms with Crippen LogP contribution in [0.5, 0.6) is 0 Å². The lowest BCUT2D eigenvalue weighted by atomic mass is 10.2. The normalized spacial score (nSPS) is 12.7. The van der Waals surface area contributed by atoms with Crippen LogP contribution in [0.15, 0.2) is 30.5 Å².